The molecule has 1 aromatic heterocycles. The van der Waals surface area contributed by atoms with E-state index in [0.29, 0.717) is 10.3 Å². The number of carbonyl (C=O) groups excluding carboxylic acids is 1. The van der Waals surface area contributed by atoms with Gasteiger partial charge in [0.15, 0.2) is 0 Å². The van der Waals surface area contributed by atoms with Gasteiger partial charge in [-0.15, -0.1) is 0 Å². The molecule has 0 radical (unpaired) electrons. The molecule has 1 aromatic rings. The van der Waals surface area contributed by atoms with E-state index in [-0.39, 0.29) is 5.91 Å². The molecule has 0 bridgehead atoms. The summed E-state index contributed by atoms with van der Waals surface area (Å²) in [4.78, 5) is 20.5. The maximum Gasteiger partial charge on any atom is 0.296 e. The van der Waals surface area contributed by atoms with Crippen LogP contribution in [-0.2, 0) is 4.84 Å². The van der Waals surface area contributed by atoms with E-state index in [1.807, 2.05) is 13.0 Å². The van der Waals surface area contributed by atoms with Crippen molar-refractivity contribution in [2.75, 3.05) is 14.2 Å². The van der Waals surface area contributed by atoms with Crippen LogP contribution < -0.4 is 0 Å². The first kappa shape index (κ1) is 11.1. The molecule has 0 aliphatic rings. The molecule has 1 amide bonds. The number of hydrogen-bond acceptors (Lipinski definition) is 3. The van der Waals surface area contributed by atoms with Crippen molar-refractivity contribution in [2.45, 2.75) is 6.92 Å². The van der Waals surface area contributed by atoms with E-state index >= 15 is 0 Å². The van der Waals surface area contributed by atoms with Gasteiger partial charge in [0.25, 0.3) is 5.91 Å². The summed E-state index contributed by atoms with van der Waals surface area (Å²) in [5, 5.41) is 1.14. The molecule has 0 unspecified atom stereocenters. The summed E-state index contributed by atoms with van der Waals surface area (Å²) in [5.41, 5.74) is 1.21. The highest BCUT2D eigenvalue weighted by atomic mass is 79.9. The van der Waals surface area contributed by atoms with E-state index in [0.717, 1.165) is 10.6 Å². The molecule has 0 aliphatic carbocycles. The van der Waals surface area contributed by atoms with Gasteiger partial charge >= 0.3 is 0 Å². The van der Waals surface area contributed by atoms with Gasteiger partial charge in [-0.3, -0.25) is 9.63 Å². The molecule has 0 saturated heterocycles. The zero-order chi connectivity index (χ0) is 10.7. The highest BCUT2D eigenvalue weighted by Gasteiger charge is 2.15. The maximum absolute atomic E-state index is 11.7. The van der Waals surface area contributed by atoms with Gasteiger partial charge < -0.3 is 0 Å². The minimum atomic E-state index is -0.258. The molecule has 0 N–H and O–H groups in total. The Hall–Kier alpha value is -0.940. The van der Waals surface area contributed by atoms with E-state index < -0.39 is 0 Å². The number of hydrogen-bond donors (Lipinski definition) is 0. The van der Waals surface area contributed by atoms with Crippen LogP contribution in [-0.4, -0.2) is 30.1 Å². The predicted octanol–water partition coefficient (Wildman–Crippen LogP) is 1.79. The van der Waals surface area contributed by atoms with Gasteiger partial charge in [-0.2, -0.15) is 0 Å². The lowest BCUT2D eigenvalue weighted by atomic mass is 10.2. The molecule has 0 fully saturated rings. The predicted molar refractivity (Wildman–Crippen MR) is 55.8 cm³/mol. The van der Waals surface area contributed by atoms with Crippen molar-refractivity contribution in [1.82, 2.24) is 10.0 Å². The molecule has 0 saturated carbocycles. The molecular weight excluding hydrogens is 248 g/mol. The summed E-state index contributed by atoms with van der Waals surface area (Å²) < 4.78 is 0.635. The molecule has 0 aromatic carbocycles. The Bertz CT molecular complexity index is 355. The van der Waals surface area contributed by atoms with Crippen molar-refractivity contribution in [2.24, 2.45) is 0 Å². The van der Waals surface area contributed by atoms with Gasteiger partial charge in [-0.25, -0.2) is 10.0 Å². The zero-order valence-corrected chi connectivity index (χ0v) is 9.83. The van der Waals surface area contributed by atoms with Crippen molar-refractivity contribution < 1.29 is 9.63 Å². The van der Waals surface area contributed by atoms with Crippen molar-refractivity contribution in [3.8, 4) is 0 Å². The Morgan fingerprint density at radius 2 is 2.21 bits per heavy atom. The fraction of sp³-hybridized carbons (Fsp3) is 0.333. The first-order valence-electron chi connectivity index (χ1n) is 4.01. The third kappa shape index (κ3) is 2.30. The summed E-state index contributed by atoms with van der Waals surface area (Å²) in [6.07, 6.45) is 0. The lowest BCUT2D eigenvalue weighted by Crippen LogP contribution is -2.27. The van der Waals surface area contributed by atoms with Crippen molar-refractivity contribution in [3.63, 3.8) is 0 Å². The van der Waals surface area contributed by atoms with Crippen LogP contribution in [0.1, 0.15) is 16.1 Å². The average Bonchev–Trinajstić information content (AvgIpc) is 2.19. The molecular formula is C9H11BrN2O2. The van der Waals surface area contributed by atoms with Crippen LogP contribution in [0.2, 0.25) is 0 Å². The molecule has 1 heterocycles. The van der Waals surface area contributed by atoms with Crippen LogP contribution in [0.3, 0.4) is 0 Å². The number of amides is 1. The number of aromatic nitrogens is 1. The number of pyridine rings is 1. The average molecular weight is 259 g/mol. The SMILES string of the molecule is CON(C)C(=O)c1nc(Br)ccc1C. The maximum atomic E-state index is 11.7. The number of halogens is 1. The lowest BCUT2D eigenvalue weighted by Gasteiger charge is -2.14. The van der Waals surface area contributed by atoms with Crippen LogP contribution in [0, 0.1) is 6.92 Å². The Balaban J connectivity index is 3.06. The van der Waals surface area contributed by atoms with Crippen molar-refractivity contribution in [1.29, 1.82) is 0 Å². The Kier molecular flexibility index (Phi) is 3.60. The highest BCUT2D eigenvalue weighted by molar-refractivity contribution is 9.10. The van der Waals surface area contributed by atoms with Crippen molar-refractivity contribution >= 4 is 21.8 Å². The van der Waals surface area contributed by atoms with Crippen LogP contribution in [0.5, 0.6) is 0 Å². The zero-order valence-electron chi connectivity index (χ0n) is 8.24. The summed E-state index contributed by atoms with van der Waals surface area (Å²) in [7, 11) is 2.98. The first-order valence-corrected chi connectivity index (χ1v) is 4.81. The Labute approximate surface area is 91.0 Å². The van der Waals surface area contributed by atoms with Crippen molar-refractivity contribution in [3.05, 3.63) is 28.0 Å². The highest BCUT2D eigenvalue weighted by Crippen LogP contribution is 2.12. The molecule has 1 rings (SSSR count). The van der Waals surface area contributed by atoms with Crippen LogP contribution in [0.15, 0.2) is 16.7 Å². The largest absolute Gasteiger partial charge is 0.296 e. The van der Waals surface area contributed by atoms with Crippen LogP contribution >= 0.6 is 15.9 Å². The molecule has 4 nitrogen and oxygen atoms in total. The smallest absolute Gasteiger partial charge is 0.274 e. The summed E-state index contributed by atoms with van der Waals surface area (Å²) in [6.45, 7) is 1.83. The standard InChI is InChI=1S/C9H11BrN2O2/c1-6-4-5-7(10)11-8(6)9(13)12(2)14-3/h4-5H,1-3H3. The second kappa shape index (κ2) is 4.52. The number of rotatable bonds is 2. The minimum absolute atomic E-state index is 0.258. The summed E-state index contributed by atoms with van der Waals surface area (Å²) in [6, 6.07) is 3.62. The third-order valence-corrected chi connectivity index (χ3v) is 2.27. The fourth-order valence-electron chi connectivity index (χ4n) is 0.953. The Morgan fingerprint density at radius 1 is 1.57 bits per heavy atom. The molecule has 0 atom stereocenters. The van der Waals surface area contributed by atoms with Crippen LogP contribution in [0.25, 0.3) is 0 Å². The third-order valence-electron chi connectivity index (χ3n) is 1.83. The van der Waals surface area contributed by atoms with E-state index in [2.05, 4.69) is 20.9 Å². The van der Waals surface area contributed by atoms with E-state index in [1.54, 1.807) is 13.1 Å². The molecule has 0 aliphatic heterocycles. The molecule has 76 valence electrons. The Morgan fingerprint density at radius 3 is 2.79 bits per heavy atom. The van der Waals surface area contributed by atoms with Crippen LogP contribution in [0.4, 0.5) is 0 Å². The lowest BCUT2D eigenvalue weighted by molar-refractivity contribution is -0.0761. The number of carbonyl (C=O) groups is 1. The quantitative estimate of drug-likeness (QED) is 0.600. The normalized spacial score (nSPS) is 10.0. The van der Waals surface area contributed by atoms with E-state index in [4.69, 9.17) is 4.84 Å². The van der Waals surface area contributed by atoms with Gasteiger partial charge in [0, 0.05) is 7.05 Å². The van der Waals surface area contributed by atoms with E-state index in [9.17, 15) is 4.79 Å². The molecule has 0 spiro atoms. The van der Waals surface area contributed by atoms with Gasteiger partial charge in [-0.1, -0.05) is 6.07 Å². The molecule has 14 heavy (non-hydrogen) atoms. The monoisotopic (exact) mass is 258 g/mol. The fourth-order valence-corrected chi connectivity index (χ4v) is 1.26. The molecule has 5 heteroatoms. The topological polar surface area (TPSA) is 42.4 Å². The first-order chi connectivity index (χ1) is 6.56. The second-order valence-electron chi connectivity index (χ2n) is 2.78. The summed E-state index contributed by atoms with van der Waals surface area (Å²) >= 11 is 3.21. The number of aryl methyl sites for hydroxylation is 1. The van der Waals surface area contributed by atoms with Gasteiger partial charge in [-0.05, 0) is 34.5 Å². The second-order valence-corrected chi connectivity index (χ2v) is 3.60. The van der Waals surface area contributed by atoms with Gasteiger partial charge in [0.1, 0.15) is 10.3 Å². The minimum Gasteiger partial charge on any atom is -0.274 e. The summed E-state index contributed by atoms with van der Waals surface area (Å²) in [5.74, 6) is -0.258. The number of nitrogens with zero attached hydrogens (tertiary/aromatic N) is 2. The number of hydroxylamine groups is 2. The van der Waals surface area contributed by atoms with Gasteiger partial charge in [0.05, 0.1) is 7.11 Å². The van der Waals surface area contributed by atoms with Gasteiger partial charge in [0.2, 0.25) is 0 Å². The van der Waals surface area contributed by atoms with E-state index in [1.165, 1.54) is 7.11 Å².